The number of carbonyl (C=O) groups is 1. The normalized spacial score (nSPS) is 15.8. The predicted molar refractivity (Wildman–Crippen MR) is 81.5 cm³/mol. The van der Waals surface area contributed by atoms with E-state index in [1.165, 1.54) is 13.2 Å². The Morgan fingerprint density at radius 2 is 2.14 bits per heavy atom. The highest BCUT2D eigenvalue weighted by Gasteiger charge is 2.37. The first-order valence-electron chi connectivity index (χ1n) is 6.78. The van der Waals surface area contributed by atoms with Gasteiger partial charge in [-0.1, -0.05) is 11.6 Å². The molecule has 0 spiro atoms. The molecule has 0 aromatic heterocycles. The van der Waals surface area contributed by atoms with Crippen LogP contribution in [0.25, 0.3) is 0 Å². The maximum atomic E-state index is 11.6. The van der Waals surface area contributed by atoms with Gasteiger partial charge in [-0.3, -0.25) is 10.1 Å². The van der Waals surface area contributed by atoms with Crippen molar-refractivity contribution in [3.63, 3.8) is 0 Å². The molecule has 1 saturated carbocycles. The van der Waals surface area contributed by atoms with Crippen LogP contribution in [0.1, 0.15) is 29.6 Å². The molecule has 0 bridgehead atoms. The van der Waals surface area contributed by atoms with E-state index < -0.39 is 10.9 Å². The van der Waals surface area contributed by atoms with Crippen LogP contribution in [-0.2, 0) is 9.47 Å². The zero-order valence-electron chi connectivity index (χ0n) is 12.3. The molecule has 0 heterocycles. The maximum Gasteiger partial charge on any atom is 0.339 e. The van der Waals surface area contributed by atoms with Crippen LogP contribution >= 0.6 is 11.6 Å². The van der Waals surface area contributed by atoms with E-state index in [-0.39, 0.29) is 27.6 Å². The first-order valence-corrected chi connectivity index (χ1v) is 7.15. The third kappa shape index (κ3) is 3.15. The number of hydrogen-bond acceptors (Lipinski definition) is 6. The molecule has 1 aliphatic carbocycles. The number of halogens is 1. The monoisotopic (exact) mass is 328 g/mol. The lowest BCUT2D eigenvalue weighted by Gasteiger charge is -2.40. The summed E-state index contributed by atoms with van der Waals surface area (Å²) in [4.78, 5) is 22.2. The van der Waals surface area contributed by atoms with Gasteiger partial charge in [0, 0.05) is 19.7 Å². The van der Waals surface area contributed by atoms with E-state index in [2.05, 4.69) is 10.1 Å². The number of hydrogen-bond donors (Lipinski definition) is 1. The molecule has 0 saturated heterocycles. The molecular weight excluding hydrogens is 312 g/mol. The fourth-order valence-corrected chi connectivity index (χ4v) is 2.64. The van der Waals surface area contributed by atoms with Crippen LogP contribution in [0.4, 0.5) is 11.4 Å². The molecule has 0 amide bonds. The fraction of sp³-hybridized carbons (Fsp3) is 0.500. The largest absolute Gasteiger partial charge is 0.465 e. The van der Waals surface area contributed by atoms with Crippen molar-refractivity contribution in [2.45, 2.75) is 24.9 Å². The summed E-state index contributed by atoms with van der Waals surface area (Å²) >= 11 is 6.02. The van der Waals surface area contributed by atoms with Crippen LogP contribution in [-0.4, -0.2) is 37.3 Å². The molecule has 1 fully saturated rings. The van der Waals surface area contributed by atoms with Gasteiger partial charge >= 0.3 is 5.97 Å². The molecular formula is C14H17ClN2O5. The quantitative estimate of drug-likeness (QED) is 0.490. The Kier molecular flexibility index (Phi) is 4.87. The molecule has 1 aliphatic rings. The summed E-state index contributed by atoms with van der Waals surface area (Å²) in [6, 6.07) is 2.49. The Hall–Kier alpha value is -1.86. The van der Waals surface area contributed by atoms with Crippen molar-refractivity contribution in [2.75, 3.05) is 26.1 Å². The van der Waals surface area contributed by atoms with E-state index in [4.69, 9.17) is 16.3 Å². The number of methoxy groups -OCH3 is 2. The number of nitro benzene ring substituents is 1. The molecule has 0 atom stereocenters. The third-order valence-corrected chi connectivity index (χ3v) is 4.30. The lowest BCUT2D eigenvalue weighted by molar-refractivity contribution is -0.384. The topological polar surface area (TPSA) is 90.7 Å². The number of nitrogens with one attached hydrogen (secondary N) is 1. The smallest absolute Gasteiger partial charge is 0.339 e. The van der Waals surface area contributed by atoms with Gasteiger partial charge in [-0.05, 0) is 25.3 Å². The lowest BCUT2D eigenvalue weighted by Crippen LogP contribution is -2.45. The molecule has 8 heteroatoms. The van der Waals surface area contributed by atoms with Gasteiger partial charge < -0.3 is 14.8 Å². The Morgan fingerprint density at radius 3 is 2.59 bits per heavy atom. The van der Waals surface area contributed by atoms with Crippen molar-refractivity contribution in [3.8, 4) is 0 Å². The summed E-state index contributed by atoms with van der Waals surface area (Å²) in [6.45, 7) is 0.443. The van der Waals surface area contributed by atoms with Crippen LogP contribution < -0.4 is 5.32 Å². The molecule has 0 aliphatic heterocycles. The predicted octanol–water partition coefficient (Wildman–Crippen LogP) is 3.02. The van der Waals surface area contributed by atoms with Gasteiger partial charge in [0.25, 0.3) is 5.69 Å². The Morgan fingerprint density at radius 1 is 1.45 bits per heavy atom. The molecule has 22 heavy (non-hydrogen) atoms. The summed E-state index contributed by atoms with van der Waals surface area (Å²) in [6.07, 6.45) is 2.87. The van der Waals surface area contributed by atoms with Gasteiger partial charge in [-0.2, -0.15) is 0 Å². The summed E-state index contributed by atoms with van der Waals surface area (Å²) < 4.78 is 10.0. The maximum absolute atomic E-state index is 11.6. The van der Waals surface area contributed by atoms with Gasteiger partial charge in [-0.15, -0.1) is 0 Å². The third-order valence-electron chi connectivity index (χ3n) is 3.99. The minimum Gasteiger partial charge on any atom is -0.465 e. The Balaban J connectivity index is 2.28. The second-order valence-electron chi connectivity index (χ2n) is 5.19. The Labute approximate surface area is 132 Å². The molecule has 7 nitrogen and oxygen atoms in total. The van der Waals surface area contributed by atoms with E-state index in [9.17, 15) is 14.9 Å². The number of nitro groups is 1. The van der Waals surface area contributed by atoms with Gasteiger partial charge in [-0.25, -0.2) is 4.79 Å². The fourth-order valence-electron chi connectivity index (χ4n) is 2.40. The summed E-state index contributed by atoms with van der Waals surface area (Å²) in [5, 5.41) is 14.3. The highest BCUT2D eigenvalue weighted by Crippen LogP contribution is 2.37. The number of anilines is 1. The molecule has 2 rings (SSSR count). The van der Waals surface area contributed by atoms with E-state index in [1.807, 2.05) is 0 Å². The van der Waals surface area contributed by atoms with Gasteiger partial charge in [0.2, 0.25) is 0 Å². The molecule has 1 aromatic carbocycles. The molecule has 120 valence electrons. The van der Waals surface area contributed by atoms with Crippen molar-refractivity contribution in [1.82, 2.24) is 0 Å². The van der Waals surface area contributed by atoms with Gasteiger partial charge in [0.15, 0.2) is 0 Å². The highest BCUT2D eigenvalue weighted by molar-refractivity contribution is 6.34. The number of benzene rings is 1. The van der Waals surface area contributed by atoms with Crippen LogP contribution in [0, 0.1) is 10.1 Å². The lowest BCUT2D eigenvalue weighted by atomic mass is 9.80. The second kappa shape index (κ2) is 6.50. The minimum absolute atomic E-state index is 0.0356. The van der Waals surface area contributed by atoms with Crippen LogP contribution in [0.3, 0.4) is 0 Å². The second-order valence-corrected chi connectivity index (χ2v) is 5.60. The van der Waals surface area contributed by atoms with Crippen LogP contribution in [0.5, 0.6) is 0 Å². The van der Waals surface area contributed by atoms with E-state index in [0.29, 0.717) is 6.54 Å². The minimum atomic E-state index is -0.716. The number of nitrogens with zero attached hydrogens (tertiary/aromatic N) is 1. The summed E-state index contributed by atoms with van der Waals surface area (Å²) in [5.41, 5.74) is -0.297. The standard InChI is InChI=1S/C14H17ClN2O5/c1-21-13(18)9-6-12(17(19)20)11(7-10(9)15)16-8-14(22-2)4-3-5-14/h6-7,16H,3-5,8H2,1-2H3. The van der Waals surface area contributed by atoms with Crippen molar-refractivity contribution in [1.29, 1.82) is 0 Å². The average molecular weight is 329 g/mol. The number of ether oxygens (including phenoxy) is 2. The molecule has 1 N–H and O–H groups in total. The van der Waals surface area contributed by atoms with E-state index >= 15 is 0 Å². The number of esters is 1. The van der Waals surface area contributed by atoms with Crippen molar-refractivity contribution < 1.29 is 19.2 Å². The SMILES string of the molecule is COC(=O)c1cc([N+](=O)[O-])c(NCC2(OC)CCC2)cc1Cl. The first kappa shape index (κ1) is 16.5. The van der Waals surface area contributed by atoms with Crippen LogP contribution in [0.2, 0.25) is 5.02 Å². The van der Waals surface area contributed by atoms with Crippen LogP contribution in [0.15, 0.2) is 12.1 Å². The zero-order valence-corrected chi connectivity index (χ0v) is 13.1. The van der Waals surface area contributed by atoms with Crippen molar-refractivity contribution in [2.24, 2.45) is 0 Å². The van der Waals surface area contributed by atoms with Crippen molar-refractivity contribution in [3.05, 3.63) is 32.8 Å². The molecule has 0 radical (unpaired) electrons. The van der Waals surface area contributed by atoms with E-state index in [0.717, 1.165) is 25.3 Å². The summed E-state index contributed by atoms with van der Waals surface area (Å²) in [7, 11) is 2.82. The van der Waals surface area contributed by atoms with Crippen molar-refractivity contribution >= 4 is 28.9 Å². The van der Waals surface area contributed by atoms with E-state index in [1.54, 1.807) is 7.11 Å². The highest BCUT2D eigenvalue weighted by atomic mass is 35.5. The first-order chi connectivity index (χ1) is 10.4. The number of carbonyl (C=O) groups excluding carboxylic acids is 1. The number of rotatable bonds is 6. The molecule has 0 unspecified atom stereocenters. The van der Waals surface area contributed by atoms with Gasteiger partial charge in [0.05, 0.1) is 28.2 Å². The zero-order chi connectivity index (χ0) is 16.3. The average Bonchev–Trinajstić information content (AvgIpc) is 2.45. The summed E-state index contributed by atoms with van der Waals surface area (Å²) in [5.74, 6) is -0.716. The Bertz CT molecular complexity index is 596. The van der Waals surface area contributed by atoms with Gasteiger partial charge in [0.1, 0.15) is 5.69 Å². The molecule has 1 aromatic rings.